The second-order valence-corrected chi connectivity index (χ2v) is 5.15. The first-order chi connectivity index (χ1) is 9.51. The van der Waals surface area contributed by atoms with Crippen molar-refractivity contribution in [1.82, 2.24) is 0 Å². The fourth-order valence-electron chi connectivity index (χ4n) is 2.62. The van der Waals surface area contributed by atoms with Gasteiger partial charge in [0.15, 0.2) is 0 Å². The maximum atomic E-state index is 5.55. The van der Waals surface area contributed by atoms with Crippen molar-refractivity contribution in [3.8, 4) is 22.6 Å². The maximum absolute atomic E-state index is 5.55. The van der Waals surface area contributed by atoms with E-state index in [1.165, 1.54) is 22.3 Å². The van der Waals surface area contributed by atoms with Crippen molar-refractivity contribution in [3.05, 3.63) is 46.5 Å². The van der Waals surface area contributed by atoms with Crippen LogP contribution < -0.4 is 9.47 Å². The maximum Gasteiger partial charge on any atom is 0.127 e. The molecule has 2 aromatic carbocycles. The van der Waals surface area contributed by atoms with E-state index in [1.54, 1.807) is 14.2 Å². The van der Waals surface area contributed by atoms with Crippen molar-refractivity contribution in [2.24, 2.45) is 0 Å². The van der Waals surface area contributed by atoms with Gasteiger partial charge in [0.1, 0.15) is 11.5 Å². The Morgan fingerprint density at radius 3 is 1.85 bits per heavy atom. The highest BCUT2D eigenvalue weighted by molar-refractivity contribution is 5.79. The minimum absolute atomic E-state index is 0.884. The number of hydrogen-bond donors (Lipinski definition) is 0. The molecule has 0 aliphatic rings. The molecular formula is C18H22O2. The van der Waals surface area contributed by atoms with E-state index in [0.717, 1.165) is 22.6 Å². The predicted octanol–water partition coefficient (Wildman–Crippen LogP) is 4.60. The standard InChI is InChI=1S/C18H22O2/c1-11-7-8-15(13(3)12(11)2)18-14(4)16(19-5)9-10-17(18)20-6/h7-10H,1-6H3. The summed E-state index contributed by atoms with van der Waals surface area (Å²) in [6.45, 7) is 8.54. The van der Waals surface area contributed by atoms with Gasteiger partial charge in [-0.25, -0.2) is 0 Å². The van der Waals surface area contributed by atoms with E-state index in [4.69, 9.17) is 9.47 Å². The molecule has 0 atom stereocenters. The van der Waals surface area contributed by atoms with Gasteiger partial charge < -0.3 is 9.47 Å². The van der Waals surface area contributed by atoms with Crippen molar-refractivity contribution in [3.63, 3.8) is 0 Å². The molecule has 2 rings (SSSR count). The summed E-state index contributed by atoms with van der Waals surface area (Å²) < 4.78 is 11.0. The molecule has 2 aromatic rings. The Hall–Kier alpha value is -1.96. The molecule has 0 unspecified atom stereocenters. The first-order valence-corrected chi connectivity index (χ1v) is 6.80. The van der Waals surface area contributed by atoms with Crippen LogP contribution in [0.5, 0.6) is 11.5 Å². The topological polar surface area (TPSA) is 18.5 Å². The van der Waals surface area contributed by atoms with Crippen LogP contribution in [0.25, 0.3) is 11.1 Å². The normalized spacial score (nSPS) is 10.5. The van der Waals surface area contributed by atoms with Crippen LogP contribution >= 0.6 is 0 Å². The Labute approximate surface area is 121 Å². The molecule has 0 aromatic heterocycles. The third-order valence-electron chi connectivity index (χ3n) is 4.14. The Kier molecular flexibility index (Phi) is 4.03. The van der Waals surface area contributed by atoms with Gasteiger partial charge >= 0.3 is 0 Å². The number of methoxy groups -OCH3 is 2. The molecule has 2 heteroatoms. The Morgan fingerprint density at radius 1 is 0.650 bits per heavy atom. The van der Waals surface area contributed by atoms with E-state index in [-0.39, 0.29) is 0 Å². The first-order valence-electron chi connectivity index (χ1n) is 6.80. The molecular weight excluding hydrogens is 248 g/mol. The molecule has 106 valence electrons. The van der Waals surface area contributed by atoms with Crippen molar-refractivity contribution in [2.75, 3.05) is 14.2 Å². The highest BCUT2D eigenvalue weighted by Gasteiger charge is 2.16. The lowest BCUT2D eigenvalue weighted by Crippen LogP contribution is -1.98. The molecule has 0 saturated heterocycles. The van der Waals surface area contributed by atoms with Gasteiger partial charge in [-0.15, -0.1) is 0 Å². The predicted molar refractivity (Wildman–Crippen MR) is 83.9 cm³/mol. The summed E-state index contributed by atoms with van der Waals surface area (Å²) in [5.74, 6) is 1.77. The number of ether oxygens (including phenoxy) is 2. The SMILES string of the molecule is COc1ccc(OC)c(-c2ccc(C)c(C)c2C)c1C. The fourth-order valence-corrected chi connectivity index (χ4v) is 2.62. The Morgan fingerprint density at radius 2 is 1.25 bits per heavy atom. The first kappa shape index (κ1) is 14.4. The van der Waals surface area contributed by atoms with Crippen LogP contribution in [0.2, 0.25) is 0 Å². The minimum Gasteiger partial charge on any atom is -0.496 e. The third-order valence-corrected chi connectivity index (χ3v) is 4.14. The van der Waals surface area contributed by atoms with Crippen LogP contribution in [0, 0.1) is 27.7 Å². The van der Waals surface area contributed by atoms with Gasteiger partial charge in [0.05, 0.1) is 14.2 Å². The lowest BCUT2D eigenvalue weighted by atomic mass is 9.91. The molecule has 0 radical (unpaired) electrons. The van der Waals surface area contributed by atoms with Gasteiger partial charge in [-0.3, -0.25) is 0 Å². The van der Waals surface area contributed by atoms with E-state index < -0.39 is 0 Å². The minimum atomic E-state index is 0.884. The molecule has 2 nitrogen and oxygen atoms in total. The van der Waals surface area contributed by atoms with Gasteiger partial charge in [0.2, 0.25) is 0 Å². The molecule has 0 aliphatic carbocycles. The third kappa shape index (κ3) is 2.26. The number of hydrogen-bond acceptors (Lipinski definition) is 2. The second-order valence-electron chi connectivity index (χ2n) is 5.15. The van der Waals surface area contributed by atoms with Crippen LogP contribution in [-0.4, -0.2) is 14.2 Å². The van der Waals surface area contributed by atoms with Crippen LogP contribution in [0.3, 0.4) is 0 Å². The summed E-state index contributed by atoms with van der Waals surface area (Å²) in [6.07, 6.45) is 0. The average molecular weight is 270 g/mol. The Balaban J connectivity index is 2.78. The van der Waals surface area contributed by atoms with Crippen LogP contribution in [-0.2, 0) is 0 Å². The highest BCUT2D eigenvalue weighted by atomic mass is 16.5. The molecule has 0 fully saturated rings. The summed E-state index contributed by atoms with van der Waals surface area (Å²) in [5.41, 5.74) is 7.36. The Bertz CT molecular complexity index is 642. The van der Waals surface area contributed by atoms with Gasteiger partial charge in [-0.2, -0.15) is 0 Å². The zero-order chi connectivity index (χ0) is 14.9. The van der Waals surface area contributed by atoms with Crippen molar-refractivity contribution < 1.29 is 9.47 Å². The monoisotopic (exact) mass is 270 g/mol. The van der Waals surface area contributed by atoms with Crippen molar-refractivity contribution in [1.29, 1.82) is 0 Å². The average Bonchev–Trinajstić information content (AvgIpc) is 2.45. The molecule has 20 heavy (non-hydrogen) atoms. The zero-order valence-electron chi connectivity index (χ0n) is 13.1. The van der Waals surface area contributed by atoms with Gasteiger partial charge in [-0.05, 0) is 62.1 Å². The van der Waals surface area contributed by atoms with E-state index >= 15 is 0 Å². The van der Waals surface area contributed by atoms with E-state index in [9.17, 15) is 0 Å². The van der Waals surface area contributed by atoms with Crippen LogP contribution in [0.1, 0.15) is 22.3 Å². The molecule has 0 aliphatic heterocycles. The van der Waals surface area contributed by atoms with Gasteiger partial charge in [0, 0.05) is 11.1 Å². The molecule has 0 spiro atoms. The van der Waals surface area contributed by atoms with Crippen LogP contribution in [0.15, 0.2) is 24.3 Å². The summed E-state index contributed by atoms with van der Waals surface area (Å²) in [5, 5.41) is 0. The molecule has 0 saturated carbocycles. The van der Waals surface area contributed by atoms with Gasteiger partial charge in [0.25, 0.3) is 0 Å². The summed E-state index contributed by atoms with van der Waals surface area (Å²) in [7, 11) is 3.41. The molecule has 0 bridgehead atoms. The van der Waals surface area contributed by atoms with E-state index in [2.05, 4.69) is 39.8 Å². The lowest BCUT2D eigenvalue weighted by Gasteiger charge is -2.18. The van der Waals surface area contributed by atoms with E-state index in [1.807, 2.05) is 12.1 Å². The number of aryl methyl sites for hydroxylation is 1. The second kappa shape index (κ2) is 5.58. The largest absolute Gasteiger partial charge is 0.496 e. The summed E-state index contributed by atoms with van der Waals surface area (Å²) in [6, 6.07) is 8.25. The lowest BCUT2D eigenvalue weighted by molar-refractivity contribution is 0.402. The highest BCUT2D eigenvalue weighted by Crippen LogP contribution is 2.40. The van der Waals surface area contributed by atoms with Crippen molar-refractivity contribution >= 4 is 0 Å². The van der Waals surface area contributed by atoms with Crippen molar-refractivity contribution in [2.45, 2.75) is 27.7 Å². The summed E-state index contributed by atoms with van der Waals surface area (Å²) >= 11 is 0. The van der Waals surface area contributed by atoms with Crippen LogP contribution in [0.4, 0.5) is 0 Å². The summed E-state index contributed by atoms with van der Waals surface area (Å²) in [4.78, 5) is 0. The molecule has 0 heterocycles. The molecule has 0 N–H and O–H groups in total. The number of benzene rings is 2. The smallest absolute Gasteiger partial charge is 0.127 e. The van der Waals surface area contributed by atoms with E-state index in [0.29, 0.717) is 0 Å². The van der Waals surface area contributed by atoms with Gasteiger partial charge in [-0.1, -0.05) is 12.1 Å². The zero-order valence-corrected chi connectivity index (χ0v) is 13.1. The number of rotatable bonds is 3. The molecule has 0 amide bonds. The fraction of sp³-hybridized carbons (Fsp3) is 0.333. The quantitative estimate of drug-likeness (QED) is 0.811.